The molecule has 0 atom stereocenters. The zero-order valence-corrected chi connectivity index (χ0v) is 8.47. The van der Waals surface area contributed by atoms with Crippen LogP contribution in [0.2, 0.25) is 0 Å². The molecule has 0 unspecified atom stereocenters. The van der Waals surface area contributed by atoms with E-state index in [1.54, 1.807) is 0 Å². The molecule has 1 heterocycles. The van der Waals surface area contributed by atoms with Crippen LogP contribution in [0.4, 0.5) is 0 Å². The van der Waals surface area contributed by atoms with Crippen LogP contribution in [0.25, 0.3) is 0 Å². The largest absolute Gasteiger partial charge is 0.362 e. The van der Waals surface area contributed by atoms with Crippen LogP contribution in [0, 0.1) is 5.92 Å². The third-order valence-corrected chi connectivity index (χ3v) is 2.94. The summed E-state index contributed by atoms with van der Waals surface area (Å²) < 4.78 is 0. The Hall–Kier alpha value is -0.720. The third kappa shape index (κ3) is 2.61. The summed E-state index contributed by atoms with van der Waals surface area (Å²) in [6.45, 7) is 2.19. The lowest BCUT2D eigenvalue weighted by molar-refractivity contribution is 0.660. The predicted molar refractivity (Wildman–Crippen MR) is 55.8 cm³/mol. The fourth-order valence-electron chi connectivity index (χ4n) is 1.83. The molecule has 0 radical (unpaired) electrons. The van der Waals surface area contributed by atoms with Crippen molar-refractivity contribution in [2.75, 3.05) is 0 Å². The Bertz CT molecular complexity index is 258. The summed E-state index contributed by atoms with van der Waals surface area (Å²) in [5.41, 5.74) is 2.80. The molecule has 1 saturated carbocycles. The Morgan fingerprint density at radius 3 is 2.69 bits per heavy atom. The highest BCUT2D eigenvalue weighted by atomic mass is 14.7. The molecule has 72 valence electrons. The molecule has 1 nitrogen and oxygen atoms in total. The Balaban J connectivity index is 1.72. The van der Waals surface area contributed by atoms with Gasteiger partial charge in [-0.3, -0.25) is 0 Å². The van der Waals surface area contributed by atoms with Gasteiger partial charge in [-0.15, -0.1) is 0 Å². The zero-order valence-electron chi connectivity index (χ0n) is 8.47. The van der Waals surface area contributed by atoms with E-state index in [-0.39, 0.29) is 0 Å². The van der Waals surface area contributed by atoms with Crippen molar-refractivity contribution in [3.63, 3.8) is 0 Å². The van der Waals surface area contributed by atoms with E-state index in [9.17, 15) is 0 Å². The standard InChI is InChI=1S/C12H19N/c1-2-11-8-9-12(13-11)5-3-4-10-6-7-10/h8-10,13H,2-7H2,1H3. The topological polar surface area (TPSA) is 15.8 Å². The van der Waals surface area contributed by atoms with Gasteiger partial charge in [-0.05, 0) is 37.3 Å². The molecule has 0 bridgehead atoms. The number of rotatable bonds is 5. The van der Waals surface area contributed by atoms with Crippen LogP contribution >= 0.6 is 0 Å². The lowest BCUT2D eigenvalue weighted by Crippen LogP contribution is -1.87. The highest BCUT2D eigenvalue weighted by Gasteiger charge is 2.20. The van der Waals surface area contributed by atoms with Crippen LogP contribution in [0.3, 0.4) is 0 Å². The van der Waals surface area contributed by atoms with Gasteiger partial charge in [-0.1, -0.05) is 26.2 Å². The molecule has 0 saturated heterocycles. The normalized spacial score (nSPS) is 16.4. The first-order valence-corrected chi connectivity index (χ1v) is 5.55. The van der Waals surface area contributed by atoms with Crippen molar-refractivity contribution in [1.82, 2.24) is 4.98 Å². The van der Waals surface area contributed by atoms with E-state index in [0.717, 1.165) is 12.3 Å². The smallest absolute Gasteiger partial charge is 0.0149 e. The molecule has 13 heavy (non-hydrogen) atoms. The Morgan fingerprint density at radius 2 is 2.08 bits per heavy atom. The molecule has 0 aromatic carbocycles. The highest BCUT2D eigenvalue weighted by Crippen LogP contribution is 2.33. The minimum absolute atomic E-state index is 1.08. The van der Waals surface area contributed by atoms with Gasteiger partial charge in [0.25, 0.3) is 0 Å². The van der Waals surface area contributed by atoms with Crippen LogP contribution in [0.1, 0.15) is 44.0 Å². The van der Waals surface area contributed by atoms with Gasteiger partial charge in [0, 0.05) is 11.4 Å². The number of hydrogen-bond acceptors (Lipinski definition) is 0. The van der Waals surface area contributed by atoms with Crippen LogP contribution in [0.5, 0.6) is 0 Å². The average Bonchev–Trinajstić information content (AvgIpc) is 2.84. The lowest BCUT2D eigenvalue weighted by atomic mass is 10.1. The van der Waals surface area contributed by atoms with Crippen molar-refractivity contribution < 1.29 is 0 Å². The number of aromatic amines is 1. The number of nitrogens with one attached hydrogen (secondary N) is 1. The first-order chi connectivity index (χ1) is 6.38. The summed E-state index contributed by atoms with van der Waals surface area (Å²) in [6.07, 6.45) is 8.17. The van der Waals surface area contributed by atoms with Crippen LogP contribution < -0.4 is 0 Å². The third-order valence-electron chi connectivity index (χ3n) is 2.94. The monoisotopic (exact) mass is 177 g/mol. The summed E-state index contributed by atoms with van der Waals surface area (Å²) >= 11 is 0. The second kappa shape index (κ2) is 3.99. The molecule has 1 aliphatic rings. The first kappa shape index (κ1) is 8.86. The number of aromatic nitrogens is 1. The van der Waals surface area contributed by atoms with E-state index in [2.05, 4.69) is 24.0 Å². The van der Waals surface area contributed by atoms with E-state index in [0.29, 0.717) is 0 Å². The lowest BCUT2D eigenvalue weighted by Gasteiger charge is -1.97. The Morgan fingerprint density at radius 1 is 1.31 bits per heavy atom. The molecule has 1 aliphatic carbocycles. The molecule has 1 fully saturated rings. The predicted octanol–water partition coefficient (Wildman–Crippen LogP) is 3.31. The molecule has 1 aromatic rings. The maximum Gasteiger partial charge on any atom is 0.0149 e. The summed E-state index contributed by atoms with van der Waals surface area (Å²) in [6, 6.07) is 4.46. The molecule has 0 amide bonds. The second-order valence-electron chi connectivity index (χ2n) is 4.20. The quantitative estimate of drug-likeness (QED) is 0.710. The van der Waals surface area contributed by atoms with E-state index >= 15 is 0 Å². The molecule has 1 aromatic heterocycles. The first-order valence-electron chi connectivity index (χ1n) is 5.55. The Labute approximate surface area is 80.6 Å². The van der Waals surface area contributed by atoms with Crippen molar-refractivity contribution in [2.45, 2.75) is 45.4 Å². The van der Waals surface area contributed by atoms with Crippen LogP contribution in [-0.2, 0) is 12.8 Å². The minimum Gasteiger partial charge on any atom is -0.362 e. The van der Waals surface area contributed by atoms with Crippen molar-refractivity contribution in [3.8, 4) is 0 Å². The fourth-order valence-corrected chi connectivity index (χ4v) is 1.83. The molecule has 0 aliphatic heterocycles. The van der Waals surface area contributed by atoms with Gasteiger partial charge in [0.1, 0.15) is 0 Å². The fraction of sp³-hybridized carbons (Fsp3) is 0.667. The number of aryl methyl sites for hydroxylation is 2. The van der Waals surface area contributed by atoms with E-state index in [4.69, 9.17) is 0 Å². The SMILES string of the molecule is CCc1ccc(CCCC2CC2)[nH]1. The zero-order chi connectivity index (χ0) is 9.10. The van der Waals surface area contributed by atoms with E-state index < -0.39 is 0 Å². The average molecular weight is 177 g/mol. The molecular formula is C12H19N. The molecule has 2 rings (SSSR count). The van der Waals surface area contributed by atoms with E-state index in [1.807, 2.05) is 0 Å². The van der Waals surface area contributed by atoms with Gasteiger partial charge in [0.2, 0.25) is 0 Å². The number of hydrogen-bond donors (Lipinski definition) is 1. The van der Waals surface area contributed by atoms with Gasteiger partial charge in [0.15, 0.2) is 0 Å². The summed E-state index contributed by atoms with van der Waals surface area (Å²) in [5, 5.41) is 0. The van der Waals surface area contributed by atoms with Crippen molar-refractivity contribution in [3.05, 3.63) is 23.5 Å². The minimum atomic E-state index is 1.08. The summed E-state index contributed by atoms with van der Waals surface area (Å²) in [7, 11) is 0. The maximum atomic E-state index is 3.46. The molecule has 1 N–H and O–H groups in total. The van der Waals surface area contributed by atoms with E-state index in [1.165, 1.54) is 43.5 Å². The second-order valence-corrected chi connectivity index (χ2v) is 4.20. The van der Waals surface area contributed by atoms with Crippen molar-refractivity contribution in [2.24, 2.45) is 5.92 Å². The van der Waals surface area contributed by atoms with Gasteiger partial charge in [-0.25, -0.2) is 0 Å². The van der Waals surface area contributed by atoms with Gasteiger partial charge < -0.3 is 4.98 Å². The van der Waals surface area contributed by atoms with Gasteiger partial charge >= 0.3 is 0 Å². The molecular weight excluding hydrogens is 158 g/mol. The summed E-state index contributed by atoms with van der Waals surface area (Å²) in [4.78, 5) is 3.46. The van der Waals surface area contributed by atoms with Crippen LogP contribution in [0.15, 0.2) is 12.1 Å². The molecule has 1 heteroatoms. The highest BCUT2D eigenvalue weighted by molar-refractivity contribution is 5.12. The van der Waals surface area contributed by atoms with Crippen LogP contribution in [-0.4, -0.2) is 4.98 Å². The maximum absolute atomic E-state index is 3.46. The number of H-pyrrole nitrogens is 1. The van der Waals surface area contributed by atoms with Crippen molar-refractivity contribution >= 4 is 0 Å². The van der Waals surface area contributed by atoms with Gasteiger partial charge in [0.05, 0.1) is 0 Å². The summed E-state index contributed by atoms with van der Waals surface area (Å²) in [5.74, 6) is 1.08. The van der Waals surface area contributed by atoms with Crippen molar-refractivity contribution in [1.29, 1.82) is 0 Å². The molecule has 0 spiro atoms. The Kier molecular flexibility index (Phi) is 2.72. The van der Waals surface area contributed by atoms with Gasteiger partial charge in [-0.2, -0.15) is 0 Å².